The van der Waals surface area contributed by atoms with Gasteiger partial charge in [-0.3, -0.25) is 0 Å². The third kappa shape index (κ3) is 3.45. The molecule has 1 aromatic rings. The summed E-state index contributed by atoms with van der Waals surface area (Å²) in [4.78, 5) is 0. The minimum Gasteiger partial charge on any atom is -0.490 e. The van der Waals surface area contributed by atoms with Crippen LogP contribution >= 0.6 is 0 Å². The van der Waals surface area contributed by atoms with Crippen LogP contribution in [0.15, 0.2) is 18.2 Å². The second-order valence-corrected chi connectivity index (χ2v) is 4.54. The van der Waals surface area contributed by atoms with E-state index in [0.717, 1.165) is 38.3 Å². The quantitative estimate of drug-likeness (QED) is 0.763. The number of hydrogen-bond acceptors (Lipinski definition) is 3. The van der Waals surface area contributed by atoms with E-state index < -0.39 is 0 Å². The van der Waals surface area contributed by atoms with Crippen molar-refractivity contribution in [2.45, 2.75) is 25.9 Å². The highest BCUT2D eigenvalue weighted by molar-refractivity contribution is 5.40. The first-order chi connectivity index (χ1) is 8.29. The molecule has 0 saturated heterocycles. The van der Waals surface area contributed by atoms with Gasteiger partial charge in [0, 0.05) is 13.0 Å². The lowest BCUT2D eigenvalue weighted by atomic mass is 10.1. The lowest BCUT2D eigenvalue weighted by molar-refractivity contribution is 0.140. The lowest BCUT2D eigenvalue weighted by Gasteiger charge is -2.05. The Morgan fingerprint density at radius 2 is 2.29 bits per heavy atom. The molecule has 0 saturated carbocycles. The Balaban J connectivity index is 1.80. The maximum absolute atomic E-state index is 5.68. The van der Waals surface area contributed by atoms with Gasteiger partial charge < -0.3 is 14.8 Å². The lowest BCUT2D eigenvalue weighted by Crippen LogP contribution is -2.15. The van der Waals surface area contributed by atoms with E-state index in [0.29, 0.717) is 6.10 Å². The average molecular weight is 235 g/mol. The topological polar surface area (TPSA) is 30.5 Å². The first-order valence-corrected chi connectivity index (χ1v) is 6.30. The summed E-state index contributed by atoms with van der Waals surface area (Å²) in [5.41, 5.74) is 2.68. The van der Waals surface area contributed by atoms with Crippen molar-refractivity contribution in [3.63, 3.8) is 0 Å². The van der Waals surface area contributed by atoms with Crippen molar-refractivity contribution in [2.24, 2.45) is 0 Å². The fraction of sp³-hybridized carbons (Fsp3) is 0.571. The van der Waals surface area contributed by atoms with Gasteiger partial charge in [0.05, 0.1) is 13.2 Å². The van der Waals surface area contributed by atoms with Gasteiger partial charge in [0.25, 0.3) is 0 Å². The van der Waals surface area contributed by atoms with Crippen molar-refractivity contribution in [2.75, 3.05) is 26.8 Å². The Morgan fingerprint density at radius 3 is 3.12 bits per heavy atom. The van der Waals surface area contributed by atoms with Crippen molar-refractivity contribution >= 4 is 0 Å². The molecule has 0 aliphatic carbocycles. The van der Waals surface area contributed by atoms with Crippen LogP contribution < -0.4 is 10.1 Å². The highest BCUT2D eigenvalue weighted by Gasteiger charge is 2.18. The van der Waals surface area contributed by atoms with Crippen molar-refractivity contribution in [1.82, 2.24) is 5.32 Å². The molecule has 2 rings (SSSR count). The Bertz CT molecular complexity index is 365. The van der Waals surface area contributed by atoms with E-state index in [-0.39, 0.29) is 0 Å². The number of ether oxygens (including phenoxy) is 2. The SMILES string of the molecule is CNCCOCCc1ccc2c(c1)CC(C)O2. The van der Waals surface area contributed by atoms with Crippen LogP contribution in [0.4, 0.5) is 0 Å². The predicted molar refractivity (Wildman–Crippen MR) is 68.7 cm³/mol. The molecule has 0 aromatic heterocycles. The van der Waals surface area contributed by atoms with Gasteiger partial charge in [-0.1, -0.05) is 12.1 Å². The molecule has 1 aromatic carbocycles. The first-order valence-electron chi connectivity index (χ1n) is 6.30. The van der Waals surface area contributed by atoms with E-state index in [1.54, 1.807) is 0 Å². The van der Waals surface area contributed by atoms with Crippen molar-refractivity contribution in [3.8, 4) is 5.75 Å². The highest BCUT2D eigenvalue weighted by atomic mass is 16.5. The van der Waals surface area contributed by atoms with E-state index >= 15 is 0 Å². The molecule has 0 radical (unpaired) electrons. The molecule has 17 heavy (non-hydrogen) atoms. The second-order valence-electron chi connectivity index (χ2n) is 4.54. The summed E-state index contributed by atoms with van der Waals surface area (Å²) < 4.78 is 11.2. The Morgan fingerprint density at radius 1 is 1.41 bits per heavy atom. The fourth-order valence-electron chi connectivity index (χ4n) is 2.10. The van der Waals surface area contributed by atoms with E-state index in [1.807, 2.05) is 7.05 Å². The van der Waals surface area contributed by atoms with Crippen LogP contribution in [-0.4, -0.2) is 32.9 Å². The summed E-state index contributed by atoms with van der Waals surface area (Å²) in [6.07, 6.45) is 2.34. The molecule has 3 heteroatoms. The molecule has 94 valence electrons. The molecular weight excluding hydrogens is 214 g/mol. The number of likely N-dealkylation sites (N-methyl/N-ethyl adjacent to an activating group) is 1. The largest absolute Gasteiger partial charge is 0.490 e. The summed E-state index contributed by atoms with van der Waals surface area (Å²) in [5, 5.41) is 3.06. The van der Waals surface area contributed by atoms with Crippen LogP contribution in [0.3, 0.4) is 0 Å². The van der Waals surface area contributed by atoms with Crippen LogP contribution in [0.1, 0.15) is 18.1 Å². The summed E-state index contributed by atoms with van der Waals surface area (Å²) >= 11 is 0. The van der Waals surface area contributed by atoms with Crippen molar-refractivity contribution in [1.29, 1.82) is 0 Å². The molecule has 3 nitrogen and oxygen atoms in total. The number of nitrogens with one attached hydrogen (secondary N) is 1. The van der Waals surface area contributed by atoms with E-state index in [9.17, 15) is 0 Å². The van der Waals surface area contributed by atoms with Crippen LogP contribution in [0.2, 0.25) is 0 Å². The number of hydrogen-bond donors (Lipinski definition) is 1. The third-order valence-electron chi connectivity index (χ3n) is 2.99. The van der Waals surface area contributed by atoms with Crippen LogP contribution in [0.5, 0.6) is 5.75 Å². The van der Waals surface area contributed by atoms with E-state index in [1.165, 1.54) is 11.1 Å². The third-order valence-corrected chi connectivity index (χ3v) is 2.99. The van der Waals surface area contributed by atoms with E-state index in [4.69, 9.17) is 9.47 Å². The first kappa shape index (κ1) is 12.4. The van der Waals surface area contributed by atoms with E-state index in [2.05, 4.69) is 30.4 Å². The monoisotopic (exact) mass is 235 g/mol. The molecule has 1 unspecified atom stereocenters. The normalized spacial score (nSPS) is 17.9. The Kier molecular flexibility index (Phi) is 4.40. The summed E-state index contributed by atoms with van der Waals surface area (Å²) in [6, 6.07) is 6.47. The number of benzene rings is 1. The molecule has 1 N–H and O–H groups in total. The van der Waals surface area contributed by atoms with Crippen molar-refractivity contribution < 1.29 is 9.47 Å². The fourth-order valence-corrected chi connectivity index (χ4v) is 2.10. The Labute approximate surface area is 103 Å². The smallest absolute Gasteiger partial charge is 0.123 e. The molecule has 1 aliphatic rings. The van der Waals surface area contributed by atoms with Crippen LogP contribution in [0, 0.1) is 0 Å². The summed E-state index contributed by atoms with van der Waals surface area (Å²) in [7, 11) is 1.94. The molecular formula is C14H21NO2. The predicted octanol–water partition coefficient (Wildman–Crippen LogP) is 1.79. The molecule has 0 spiro atoms. The molecule has 0 amide bonds. The number of fused-ring (bicyclic) bond motifs is 1. The molecule has 0 fully saturated rings. The zero-order valence-corrected chi connectivity index (χ0v) is 10.7. The van der Waals surface area contributed by atoms with Crippen LogP contribution in [0.25, 0.3) is 0 Å². The average Bonchev–Trinajstić information content (AvgIpc) is 2.68. The minimum atomic E-state index is 0.326. The van der Waals surface area contributed by atoms with Gasteiger partial charge >= 0.3 is 0 Å². The van der Waals surface area contributed by atoms with Gasteiger partial charge in [-0.25, -0.2) is 0 Å². The minimum absolute atomic E-state index is 0.326. The maximum atomic E-state index is 5.68. The van der Waals surface area contributed by atoms with Gasteiger partial charge in [-0.05, 0) is 37.6 Å². The molecule has 1 heterocycles. The second kappa shape index (κ2) is 6.03. The zero-order chi connectivity index (χ0) is 12.1. The van der Waals surface area contributed by atoms with Gasteiger partial charge in [0.15, 0.2) is 0 Å². The van der Waals surface area contributed by atoms with Crippen LogP contribution in [-0.2, 0) is 17.6 Å². The van der Waals surface area contributed by atoms with Gasteiger partial charge in [0.1, 0.15) is 11.9 Å². The van der Waals surface area contributed by atoms with Gasteiger partial charge in [0.2, 0.25) is 0 Å². The molecule has 1 aliphatic heterocycles. The maximum Gasteiger partial charge on any atom is 0.123 e. The van der Waals surface area contributed by atoms with Crippen molar-refractivity contribution in [3.05, 3.63) is 29.3 Å². The summed E-state index contributed by atoms with van der Waals surface area (Å²) in [5.74, 6) is 1.05. The molecule has 0 bridgehead atoms. The standard InChI is InChI=1S/C14H21NO2/c1-11-9-13-10-12(3-4-14(13)17-11)5-7-16-8-6-15-2/h3-4,10-11,15H,5-9H2,1-2H3. The highest BCUT2D eigenvalue weighted by Crippen LogP contribution is 2.29. The van der Waals surface area contributed by atoms with Gasteiger partial charge in [-0.15, -0.1) is 0 Å². The Hall–Kier alpha value is -1.06. The van der Waals surface area contributed by atoms with Gasteiger partial charge in [-0.2, -0.15) is 0 Å². The zero-order valence-electron chi connectivity index (χ0n) is 10.7. The molecule has 1 atom stereocenters. The number of rotatable bonds is 6. The summed E-state index contributed by atoms with van der Waals surface area (Å²) in [6.45, 7) is 4.59.